The Labute approximate surface area is 198 Å². The molecule has 4 aromatic rings. The second kappa shape index (κ2) is 7.73. The highest BCUT2D eigenvalue weighted by molar-refractivity contribution is 5.79. The van der Waals surface area contributed by atoms with Crippen molar-refractivity contribution in [2.24, 2.45) is 0 Å². The molecular weight excluding hydrogens is 493 g/mol. The van der Waals surface area contributed by atoms with Crippen LogP contribution in [0.2, 0.25) is 0 Å². The van der Waals surface area contributed by atoms with Gasteiger partial charge in [0, 0.05) is 11.5 Å². The van der Waals surface area contributed by atoms with Crippen molar-refractivity contribution in [3.63, 3.8) is 0 Å². The number of rotatable bonds is 0. The van der Waals surface area contributed by atoms with E-state index >= 15 is 4.39 Å². The number of fused-ring (bicyclic) bond motifs is 8. The summed E-state index contributed by atoms with van der Waals surface area (Å²) in [6, 6.07) is 9.68. The third-order valence-electron chi connectivity index (χ3n) is 5.79. The summed E-state index contributed by atoms with van der Waals surface area (Å²) in [5.41, 5.74) is -4.40. The number of hydrogen-bond acceptors (Lipinski definition) is 5. The van der Waals surface area contributed by atoms with Crippen molar-refractivity contribution in [2.45, 2.75) is 31.6 Å². The minimum Gasteiger partial charge on any atom is -0.338 e. The number of aromatic nitrogens is 5. The summed E-state index contributed by atoms with van der Waals surface area (Å²) in [5.74, 6) is -2.04. The maximum atomic E-state index is 15.4. The van der Waals surface area contributed by atoms with Crippen LogP contribution in [0.4, 0.5) is 42.2 Å². The molecule has 1 N–H and O–H groups in total. The van der Waals surface area contributed by atoms with Crippen molar-refractivity contribution >= 4 is 11.5 Å². The molecule has 0 unspecified atom stereocenters. The lowest BCUT2D eigenvalue weighted by atomic mass is 9.84. The first-order chi connectivity index (χ1) is 16.8. The molecular formula is C23H15F7N6. The van der Waals surface area contributed by atoms with E-state index in [-0.39, 0.29) is 23.0 Å². The van der Waals surface area contributed by atoms with Crippen molar-refractivity contribution < 1.29 is 30.7 Å². The average Bonchev–Trinajstić information content (AvgIpc) is 3.22. The number of nitrogens with zero attached hydrogens (tertiary/aromatic N) is 5. The van der Waals surface area contributed by atoms with Crippen molar-refractivity contribution in [3.8, 4) is 17.1 Å². The molecule has 1 aliphatic heterocycles. The number of pyridine rings is 3. The van der Waals surface area contributed by atoms with Gasteiger partial charge in [0.25, 0.3) is 0 Å². The van der Waals surface area contributed by atoms with Crippen LogP contribution in [0, 0.1) is 5.82 Å². The SMILES string of the molecule is CC1(C)c2cccc(n2)-c2c(cnc(C(F)(F)F)c2F)Nc2cc(C(F)(F)F)nn2-c2cccc1n2. The number of anilines is 2. The van der Waals surface area contributed by atoms with E-state index < -0.39 is 40.5 Å². The van der Waals surface area contributed by atoms with Gasteiger partial charge in [-0.2, -0.15) is 36.1 Å². The molecule has 0 aliphatic carbocycles. The smallest absolute Gasteiger partial charge is 0.338 e. The zero-order valence-electron chi connectivity index (χ0n) is 18.5. The van der Waals surface area contributed by atoms with Crippen LogP contribution in [0.1, 0.15) is 36.6 Å². The lowest BCUT2D eigenvalue weighted by molar-refractivity contribution is -0.143. The first-order valence-electron chi connectivity index (χ1n) is 10.4. The second-order valence-corrected chi connectivity index (χ2v) is 8.57. The Bertz CT molecular complexity index is 1490. The molecule has 4 aromatic heterocycles. The highest BCUT2D eigenvalue weighted by Gasteiger charge is 2.39. The molecule has 5 rings (SSSR count). The van der Waals surface area contributed by atoms with Crippen LogP contribution in [-0.2, 0) is 17.8 Å². The van der Waals surface area contributed by atoms with Crippen molar-refractivity contribution in [1.29, 1.82) is 0 Å². The maximum Gasteiger partial charge on any atom is 0.436 e. The van der Waals surface area contributed by atoms with E-state index in [0.29, 0.717) is 23.7 Å². The zero-order chi connectivity index (χ0) is 26.0. The van der Waals surface area contributed by atoms with E-state index in [2.05, 4.69) is 25.4 Å². The lowest BCUT2D eigenvalue weighted by Gasteiger charge is -2.26. The predicted octanol–water partition coefficient (Wildman–Crippen LogP) is 6.28. The van der Waals surface area contributed by atoms with Gasteiger partial charge in [-0.05, 0) is 38.1 Å². The highest BCUT2D eigenvalue weighted by Crippen LogP contribution is 2.41. The third-order valence-corrected chi connectivity index (χ3v) is 5.79. The number of nitrogens with one attached hydrogen (secondary N) is 1. The van der Waals surface area contributed by atoms with E-state index in [1.54, 1.807) is 32.0 Å². The molecule has 0 radical (unpaired) electrons. The molecule has 0 aromatic carbocycles. The van der Waals surface area contributed by atoms with Crippen LogP contribution in [0.25, 0.3) is 17.1 Å². The highest BCUT2D eigenvalue weighted by atomic mass is 19.4. The molecule has 0 amide bonds. The largest absolute Gasteiger partial charge is 0.436 e. The van der Waals surface area contributed by atoms with Crippen LogP contribution in [-0.4, -0.2) is 24.7 Å². The molecule has 6 nitrogen and oxygen atoms in total. The molecule has 0 saturated carbocycles. The van der Waals surface area contributed by atoms with E-state index in [0.717, 1.165) is 4.68 Å². The summed E-state index contributed by atoms with van der Waals surface area (Å²) >= 11 is 0. The van der Waals surface area contributed by atoms with Crippen LogP contribution < -0.4 is 5.32 Å². The van der Waals surface area contributed by atoms with Crippen molar-refractivity contribution in [1.82, 2.24) is 24.7 Å². The molecule has 36 heavy (non-hydrogen) atoms. The summed E-state index contributed by atoms with van der Waals surface area (Å²) in [6.45, 7) is 3.46. The van der Waals surface area contributed by atoms with Crippen LogP contribution in [0.3, 0.4) is 0 Å². The Morgan fingerprint density at radius 3 is 2.22 bits per heavy atom. The number of hydrogen-bond donors (Lipinski definition) is 1. The normalized spacial score (nSPS) is 14.7. The van der Waals surface area contributed by atoms with Gasteiger partial charge in [-0.1, -0.05) is 12.1 Å². The molecule has 0 atom stereocenters. The summed E-state index contributed by atoms with van der Waals surface area (Å²) < 4.78 is 97.2. The Morgan fingerprint density at radius 2 is 1.56 bits per heavy atom. The van der Waals surface area contributed by atoms with Crippen molar-refractivity contribution in [2.75, 3.05) is 5.32 Å². The monoisotopic (exact) mass is 508 g/mol. The van der Waals surface area contributed by atoms with Gasteiger partial charge in [0.15, 0.2) is 23.0 Å². The topological polar surface area (TPSA) is 68.5 Å². The standard InChI is InChI=1S/C23H15F7N6/c1-21(2)13-6-3-5-11(32-13)18-12(10-31-20(19(18)24)23(28,29)30)33-17-9-15(22(25,26)27)35-36(17)16-8-4-7-14(21)34-16/h3-10,33H,1-2H3. The summed E-state index contributed by atoms with van der Waals surface area (Å²) in [6.07, 6.45) is -9.26. The fourth-order valence-electron chi connectivity index (χ4n) is 3.89. The predicted molar refractivity (Wildman–Crippen MR) is 114 cm³/mol. The minimum absolute atomic E-state index is 0.00260. The van der Waals surface area contributed by atoms with E-state index in [4.69, 9.17) is 0 Å². The zero-order valence-corrected chi connectivity index (χ0v) is 18.5. The van der Waals surface area contributed by atoms with Gasteiger partial charge in [0.1, 0.15) is 5.82 Å². The Morgan fingerprint density at radius 1 is 0.889 bits per heavy atom. The van der Waals surface area contributed by atoms with Gasteiger partial charge in [0.05, 0.1) is 34.5 Å². The minimum atomic E-state index is -5.12. The van der Waals surface area contributed by atoms with Crippen LogP contribution >= 0.6 is 0 Å². The summed E-state index contributed by atoms with van der Waals surface area (Å²) in [7, 11) is 0. The first-order valence-corrected chi connectivity index (χ1v) is 10.4. The average molecular weight is 508 g/mol. The van der Waals surface area contributed by atoms with Gasteiger partial charge in [0.2, 0.25) is 0 Å². The van der Waals surface area contributed by atoms with E-state index in [1.807, 2.05) is 0 Å². The molecule has 0 spiro atoms. The molecule has 186 valence electrons. The fourth-order valence-corrected chi connectivity index (χ4v) is 3.89. The van der Waals surface area contributed by atoms with Gasteiger partial charge in [-0.15, -0.1) is 0 Å². The number of halogens is 7. The van der Waals surface area contributed by atoms with Crippen LogP contribution in [0.5, 0.6) is 0 Å². The lowest BCUT2D eigenvalue weighted by Crippen LogP contribution is -2.24. The quantitative estimate of drug-likeness (QED) is 0.283. The third kappa shape index (κ3) is 3.84. The fraction of sp³-hybridized carbons (Fsp3) is 0.217. The van der Waals surface area contributed by atoms with Gasteiger partial charge in [-0.25, -0.2) is 14.4 Å². The maximum absolute atomic E-state index is 15.4. The van der Waals surface area contributed by atoms with Gasteiger partial charge in [-0.3, -0.25) is 4.98 Å². The summed E-state index contributed by atoms with van der Waals surface area (Å²) in [5, 5.41) is 6.17. The number of alkyl halides is 6. The molecule has 4 bridgehead atoms. The van der Waals surface area contributed by atoms with Gasteiger partial charge >= 0.3 is 12.4 Å². The Balaban J connectivity index is 1.87. The van der Waals surface area contributed by atoms with E-state index in [1.165, 1.54) is 18.2 Å². The Kier molecular flexibility index (Phi) is 5.09. The molecule has 0 fully saturated rings. The van der Waals surface area contributed by atoms with Crippen molar-refractivity contribution in [3.05, 3.63) is 77.3 Å². The van der Waals surface area contributed by atoms with E-state index in [9.17, 15) is 26.3 Å². The molecule has 5 heterocycles. The second-order valence-electron chi connectivity index (χ2n) is 8.57. The first kappa shape index (κ1) is 23.7. The molecule has 1 aliphatic rings. The molecule has 0 saturated heterocycles. The Hall–Kier alpha value is -4.03. The van der Waals surface area contributed by atoms with Crippen LogP contribution in [0.15, 0.2) is 48.7 Å². The summed E-state index contributed by atoms with van der Waals surface area (Å²) in [4.78, 5) is 12.1. The van der Waals surface area contributed by atoms with Gasteiger partial charge < -0.3 is 5.32 Å². The molecule has 13 heteroatoms.